The fourth-order valence-electron chi connectivity index (χ4n) is 1.87. The van der Waals surface area contributed by atoms with Crippen LogP contribution in [0.15, 0.2) is 52.2 Å². The van der Waals surface area contributed by atoms with Crippen molar-refractivity contribution in [2.24, 2.45) is 10.8 Å². The van der Waals surface area contributed by atoms with Crippen LogP contribution in [0.3, 0.4) is 0 Å². The second kappa shape index (κ2) is 6.45. The van der Waals surface area contributed by atoms with Gasteiger partial charge in [-0.3, -0.25) is 15.9 Å². The zero-order valence-electron chi connectivity index (χ0n) is 12.3. The van der Waals surface area contributed by atoms with E-state index >= 15 is 0 Å². The molecule has 9 heteroatoms. The van der Waals surface area contributed by atoms with Crippen molar-refractivity contribution in [2.45, 2.75) is 0 Å². The third-order valence-electron chi connectivity index (χ3n) is 3.04. The van der Waals surface area contributed by atoms with Gasteiger partial charge in [-0.05, 0) is 36.4 Å². The van der Waals surface area contributed by atoms with Crippen molar-refractivity contribution in [3.8, 4) is 29.0 Å². The fraction of sp³-hybridized carbons (Fsp3) is 0. The molecule has 0 fully saturated rings. The minimum Gasteiger partial charge on any atom is -0.461 e. The lowest BCUT2D eigenvalue weighted by Gasteiger charge is -2.02. The van der Waals surface area contributed by atoms with E-state index in [4.69, 9.17) is 20.8 Å². The van der Waals surface area contributed by atoms with E-state index in [1.807, 2.05) is 0 Å². The summed E-state index contributed by atoms with van der Waals surface area (Å²) in [6.07, 6.45) is 1.56. The van der Waals surface area contributed by atoms with Crippen LogP contribution in [0.25, 0.3) is 23.0 Å². The lowest BCUT2D eigenvalue weighted by atomic mass is 10.2. The molecule has 2 heterocycles. The first-order valence-corrected chi connectivity index (χ1v) is 6.82. The van der Waals surface area contributed by atoms with Gasteiger partial charge in [0.05, 0.1) is 12.0 Å². The molecule has 0 amide bonds. The predicted molar refractivity (Wildman–Crippen MR) is 88.1 cm³/mol. The highest BCUT2D eigenvalue weighted by molar-refractivity contribution is 6.45. The first-order valence-electron chi connectivity index (χ1n) is 6.82. The molecule has 118 valence electrons. The zero-order chi connectivity index (χ0) is 16.9. The number of nitrogens with zero attached hydrogens (tertiary/aromatic N) is 4. The highest BCUT2D eigenvalue weighted by atomic mass is 16.3. The van der Waals surface area contributed by atoms with Crippen LogP contribution in [0.2, 0.25) is 0 Å². The van der Waals surface area contributed by atoms with Crippen molar-refractivity contribution in [1.82, 2.24) is 15.2 Å². The van der Waals surface area contributed by atoms with Gasteiger partial charge < -0.3 is 10.2 Å². The van der Waals surface area contributed by atoms with Crippen LogP contribution >= 0.6 is 0 Å². The number of furan rings is 1. The molecule has 0 atom stereocenters. The van der Waals surface area contributed by atoms with Crippen LogP contribution in [-0.4, -0.2) is 26.7 Å². The molecule has 0 aliphatic heterocycles. The molecule has 0 aliphatic rings. The summed E-state index contributed by atoms with van der Waals surface area (Å²) >= 11 is 0. The van der Waals surface area contributed by atoms with E-state index in [1.54, 1.807) is 48.7 Å². The molecular weight excluding hydrogens is 308 g/mol. The fourth-order valence-corrected chi connectivity index (χ4v) is 1.87. The summed E-state index contributed by atoms with van der Waals surface area (Å²) < 4.78 is 5.26. The standard InChI is InChI=1S/C15H12N8O/c16-8-11(13(17)18)21-20-10-5-3-9(4-6-10)14-19-15(23-22-14)12-2-1-7-24-12/h1-7,20H,(H3,17,18)(H,19,22,23)/b21-11+. The Balaban J connectivity index is 1.76. The molecule has 0 radical (unpaired) electrons. The van der Waals surface area contributed by atoms with E-state index in [0.29, 0.717) is 23.1 Å². The number of aromatic nitrogens is 3. The molecule has 0 spiro atoms. The van der Waals surface area contributed by atoms with E-state index in [0.717, 1.165) is 5.56 Å². The van der Waals surface area contributed by atoms with Gasteiger partial charge in [0.2, 0.25) is 5.71 Å². The lowest BCUT2D eigenvalue weighted by molar-refractivity contribution is 0.577. The largest absolute Gasteiger partial charge is 0.461 e. The normalized spacial score (nSPS) is 11.0. The van der Waals surface area contributed by atoms with Crippen LogP contribution in [0.4, 0.5) is 5.69 Å². The van der Waals surface area contributed by atoms with Crippen LogP contribution < -0.4 is 11.2 Å². The first-order chi connectivity index (χ1) is 11.7. The molecule has 2 aromatic heterocycles. The number of nitrogens with two attached hydrogens (primary N) is 1. The van der Waals surface area contributed by atoms with Crippen LogP contribution in [0.1, 0.15) is 0 Å². The second-order valence-corrected chi connectivity index (χ2v) is 4.66. The molecule has 0 bridgehead atoms. The highest BCUT2D eigenvalue weighted by Crippen LogP contribution is 2.21. The van der Waals surface area contributed by atoms with Crippen LogP contribution in [0, 0.1) is 16.7 Å². The molecule has 24 heavy (non-hydrogen) atoms. The molecule has 0 saturated heterocycles. The summed E-state index contributed by atoms with van der Waals surface area (Å²) in [7, 11) is 0. The Morgan fingerprint density at radius 2 is 2.12 bits per heavy atom. The maximum absolute atomic E-state index is 8.78. The van der Waals surface area contributed by atoms with Gasteiger partial charge in [-0.1, -0.05) is 0 Å². The average Bonchev–Trinajstić information content (AvgIpc) is 3.27. The number of amidine groups is 1. The van der Waals surface area contributed by atoms with E-state index in [2.05, 4.69) is 25.7 Å². The van der Waals surface area contributed by atoms with Crippen molar-refractivity contribution in [3.63, 3.8) is 0 Å². The number of nitriles is 1. The number of anilines is 1. The number of benzene rings is 1. The summed E-state index contributed by atoms with van der Waals surface area (Å²) in [5.41, 5.74) is 9.13. The maximum atomic E-state index is 8.78. The Morgan fingerprint density at radius 3 is 2.75 bits per heavy atom. The van der Waals surface area contributed by atoms with Crippen molar-refractivity contribution >= 4 is 17.2 Å². The van der Waals surface area contributed by atoms with Gasteiger partial charge in [0, 0.05) is 5.56 Å². The van der Waals surface area contributed by atoms with E-state index in [1.165, 1.54) is 0 Å². The Kier molecular flexibility index (Phi) is 4.03. The molecule has 0 unspecified atom stereocenters. The third-order valence-corrected chi connectivity index (χ3v) is 3.04. The van der Waals surface area contributed by atoms with Gasteiger partial charge in [0.15, 0.2) is 23.2 Å². The average molecular weight is 320 g/mol. The lowest BCUT2D eigenvalue weighted by Crippen LogP contribution is -2.21. The number of H-pyrrole nitrogens is 1. The summed E-state index contributed by atoms with van der Waals surface area (Å²) in [5, 5.41) is 26.7. The van der Waals surface area contributed by atoms with Gasteiger partial charge in [-0.15, -0.1) is 0 Å². The minimum atomic E-state index is -0.396. The van der Waals surface area contributed by atoms with E-state index < -0.39 is 5.84 Å². The van der Waals surface area contributed by atoms with Crippen LogP contribution in [-0.2, 0) is 0 Å². The smallest absolute Gasteiger partial charge is 0.201 e. The number of hydrogen-bond acceptors (Lipinski definition) is 7. The Bertz CT molecular complexity index is 915. The number of nitrogens with one attached hydrogen (secondary N) is 3. The summed E-state index contributed by atoms with van der Waals surface area (Å²) in [5.74, 6) is 1.28. The van der Waals surface area contributed by atoms with Crippen molar-refractivity contribution in [1.29, 1.82) is 10.7 Å². The van der Waals surface area contributed by atoms with Gasteiger partial charge in [-0.25, -0.2) is 4.98 Å². The first kappa shape index (κ1) is 15.0. The molecule has 5 N–H and O–H groups in total. The topological polar surface area (TPSA) is 153 Å². The molecule has 0 aliphatic carbocycles. The SMILES string of the molecule is N#C/C(=N\Nc1ccc(-c2n[nH]c(-c3ccco3)n2)cc1)C(=N)N. The molecule has 9 nitrogen and oxygen atoms in total. The van der Waals surface area contributed by atoms with Gasteiger partial charge in [-0.2, -0.15) is 15.5 Å². The summed E-state index contributed by atoms with van der Waals surface area (Å²) in [6.45, 7) is 0. The molecule has 3 rings (SSSR count). The van der Waals surface area contributed by atoms with Gasteiger partial charge in [0.25, 0.3) is 0 Å². The molecule has 0 saturated carbocycles. The molecule has 1 aromatic carbocycles. The number of hydrogen-bond donors (Lipinski definition) is 4. The minimum absolute atomic E-state index is 0.184. The number of hydrazone groups is 1. The Hall–Kier alpha value is -3.93. The van der Waals surface area contributed by atoms with Crippen molar-refractivity contribution < 1.29 is 4.42 Å². The maximum Gasteiger partial charge on any atom is 0.201 e. The van der Waals surface area contributed by atoms with E-state index in [-0.39, 0.29) is 5.71 Å². The van der Waals surface area contributed by atoms with Gasteiger partial charge >= 0.3 is 0 Å². The second-order valence-electron chi connectivity index (χ2n) is 4.66. The Labute approximate surface area is 136 Å². The quantitative estimate of drug-likeness (QED) is 0.320. The predicted octanol–water partition coefficient (Wildman–Crippen LogP) is 1.96. The third kappa shape index (κ3) is 3.12. The number of rotatable bonds is 5. The summed E-state index contributed by atoms with van der Waals surface area (Å²) in [4.78, 5) is 4.37. The zero-order valence-corrected chi connectivity index (χ0v) is 12.3. The van der Waals surface area contributed by atoms with Crippen LogP contribution in [0.5, 0.6) is 0 Å². The van der Waals surface area contributed by atoms with Gasteiger partial charge in [0.1, 0.15) is 6.07 Å². The van der Waals surface area contributed by atoms with Crippen molar-refractivity contribution in [3.05, 3.63) is 42.7 Å². The van der Waals surface area contributed by atoms with Crippen molar-refractivity contribution in [2.75, 3.05) is 5.43 Å². The summed E-state index contributed by atoms with van der Waals surface area (Å²) in [6, 6.07) is 12.4. The number of aromatic amines is 1. The Morgan fingerprint density at radius 1 is 1.33 bits per heavy atom. The van der Waals surface area contributed by atoms with E-state index in [9.17, 15) is 0 Å². The highest BCUT2D eigenvalue weighted by Gasteiger charge is 2.09. The molecule has 3 aromatic rings. The monoisotopic (exact) mass is 320 g/mol. The molecular formula is C15H12N8O.